The molecule has 0 unspecified atom stereocenters. The van der Waals surface area contributed by atoms with Crippen LogP contribution < -0.4 is 24.2 Å². The molecule has 0 N–H and O–H groups in total. The highest BCUT2D eigenvalue weighted by Crippen LogP contribution is 2.45. The Labute approximate surface area is 292 Å². The van der Waals surface area contributed by atoms with Crippen molar-refractivity contribution in [2.45, 2.75) is 37.8 Å². The first-order valence-corrected chi connectivity index (χ1v) is 19.7. The van der Waals surface area contributed by atoms with Crippen LogP contribution in [0.4, 0.5) is 5.69 Å². The maximum atomic E-state index is 13.8. The number of anilines is 1. The maximum Gasteiger partial charge on any atom is 0.269 e. The molecule has 7 nitrogen and oxygen atoms in total. The van der Waals surface area contributed by atoms with Crippen LogP contribution in [0.15, 0.2) is 118 Å². The normalized spacial score (nSPS) is 14.6. The number of hydrogen-bond acceptors (Lipinski definition) is 8. The summed E-state index contributed by atoms with van der Waals surface area (Å²) in [6, 6.07) is 28.6. The smallest absolute Gasteiger partial charge is 0.269 e. The maximum absolute atomic E-state index is 13.8. The van der Waals surface area contributed by atoms with Crippen LogP contribution in [0.1, 0.15) is 24.8 Å². The zero-order valence-corrected chi connectivity index (χ0v) is 29.7. The first-order valence-electron chi connectivity index (χ1n) is 15.7. The third-order valence-electron chi connectivity index (χ3n) is 7.89. The van der Waals surface area contributed by atoms with E-state index >= 15 is 0 Å². The fourth-order valence-electron chi connectivity index (χ4n) is 5.70. The van der Waals surface area contributed by atoms with Crippen LogP contribution in [0.2, 0.25) is 0 Å². The number of benzene rings is 3. The summed E-state index contributed by atoms with van der Waals surface area (Å²) in [4.78, 5) is 18.3. The average Bonchev–Trinajstić information content (AvgIpc) is 3.73. The summed E-state index contributed by atoms with van der Waals surface area (Å²) in [6.07, 6.45) is 8.48. The largest absolute Gasteiger partial charge is 0.748 e. The van der Waals surface area contributed by atoms with Gasteiger partial charge in [0.25, 0.3) is 10.6 Å². The van der Waals surface area contributed by atoms with Crippen LogP contribution in [0, 0.1) is 0 Å². The number of nitrogens with zero attached hydrogens (tertiary/aromatic N) is 3. The number of thiazole rings is 2. The number of unbranched alkanes of at least 4 members (excludes halogenated alkanes) is 1. The van der Waals surface area contributed by atoms with Gasteiger partial charge in [0, 0.05) is 35.7 Å². The lowest BCUT2D eigenvalue weighted by Crippen LogP contribution is -2.38. The summed E-state index contributed by atoms with van der Waals surface area (Å²) < 4.78 is 39.5. The number of allylic oxidation sites excluding steroid dienone is 2. The summed E-state index contributed by atoms with van der Waals surface area (Å²) in [5, 5.41) is 1.99. The lowest BCUT2D eigenvalue weighted by molar-refractivity contribution is -0.683. The van der Waals surface area contributed by atoms with E-state index < -0.39 is 15.9 Å². The van der Waals surface area contributed by atoms with Crippen LogP contribution >= 0.6 is 34.4 Å². The number of aromatic nitrogens is 2. The molecule has 0 spiro atoms. The summed E-state index contributed by atoms with van der Waals surface area (Å²) in [5.74, 6) is -0.402. The molecule has 1 aliphatic rings. The Hall–Kier alpha value is -4.00. The van der Waals surface area contributed by atoms with Crippen molar-refractivity contribution in [1.82, 2.24) is 4.57 Å². The third-order valence-corrected chi connectivity index (χ3v) is 12.1. The standard InChI is InChI=1S/C37H35N3O4S4/c1-3-23-40-34(46-31(37(40)41)21-22-32-38(4-2)29-19-11-12-20-30(29)45-32)26-33-39(24-13-14-25-48(42,43)44)35(27-15-7-5-8-16-27)36(47-33)28-17-9-6-10-18-28/h3,5-12,15-22,26H,1,4,13-14,23-25H2,2H3/b31-21+,32-22+. The molecule has 0 aliphatic carbocycles. The Morgan fingerprint density at radius 3 is 2.27 bits per heavy atom. The van der Waals surface area contributed by atoms with E-state index in [1.54, 1.807) is 33.7 Å². The molecule has 2 aromatic heterocycles. The Morgan fingerprint density at radius 1 is 0.896 bits per heavy atom. The summed E-state index contributed by atoms with van der Waals surface area (Å²) >= 11 is 4.76. The highest BCUT2D eigenvalue weighted by molar-refractivity contribution is 8.03. The molecule has 246 valence electrons. The van der Waals surface area contributed by atoms with Gasteiger partial charge in [-0.25, -0.2) is 8.42 Å². The highest BCUT2D eigenvalue weighted by atomic mass is 32.2. The first kappa shape index (κ1) is 33.9. The molecular weight excluding hydrogens is 679 g/mol. The molecule has 0 bridgehead atoms. The van der Waals surface area contributed by atoms with Gasteiger partial charge in [0.15, 0.2) is 6.54 Å². The van der Waals surface area contributed by atoms with E-state index in [9.17, 15) is 17.8 Å². The molecule has 0 fully saturated rings. The lowest BCUT2D eigenvalue weighted by atomic mass is 10.1. The molecule has 3 aromatic carbocycles. The van der Waals surface area contributed by atoms with Crippen molar-refractivity contribution in [3.63, 3.8) is 0 Å². The minimum Gasteiger partial charge on any atom is -0.748 e. The Morgan fingerprint density at radius 2 is 1.58 bits per heavy atom. The van der Waals surface area contributed by atoms with Gasteiger partial charge in [0.1, 0.15) is 9.54 Å². The van der Waals surface area contributed by atoms with E-state index in [2.05, 4.69) is 59.4 Å². The quantitative estimate of drug-likeness (QED) is 0.0664. The lowest BCUT2D eigenvalue weighted by Gasteiger charge is -2.17. The second-order valence-electron chi connectivity index (χ2n) is 11.1. The number of thioether (sulfide) groups is 1. The molecule has 11 heteroatoms. The van der Waals surface area contributed by atoms with E-state index in [1.165, 1.54) is 21.9 Å². The van der Waals surface area contributed by atoms with Crippen molar-refractivity contribution >= 4 is 62.4 Å². The molecule has 0 saturated carbocycles. The van der Waals surface area contributed by atoms with Crippen LogP contribution in [0.25, 0.3) is 33.9 Å². The van der Waals surface area contributed by atoms with Gasteiger partial charge in [-0.15, -0.1) is 17.9 Å². The van der Waals surface area contributed by atoms with Gasteiger partial charge < -0.3 is 9.45 Å². The summed E-state index contributed by atoms with van der Waals surface area (Å²) in [5.41, 5.74) is 4.18. The number of fused-ring (bicyclic) bond motifs is 1. The van der Waals surface area contributed by atoms with Gasteiger partial charge in [-0.3, -0.25) is 9.36 Å². The zero-order chi connectivity index (χ0) is 33.7. The molecule has 0 radical (unpaired) electrons. The summed E-state index contributed by atoms with van der Waals surface area (Å²) in [6.45, 7) is 7.71. The van der Waals surface area contributed by atoms with E-state index in [4.69, 9.17) is 0 Å². The number of para-hydroxylation sites is 1. The average molecular weight is 714 g/mol. The fraction of sp³-hybridized carbons (Fsp3) is 0.189. The Bertz CT molecular complexity index is 2250. The Balaban J connectivity index is 1.50. The molecule has 48 heavy (non-hydrogen) atoms. The minimum absolute atomic E-state index is 0.0816. The van der Waals surface area contributed by atoms with Crippen molar-refractivity contribution in [3.05, 3.63) is 133 Å². The van der Waals surface area contributed by atoms with Gasteiger partial charge >= 0.3 is 0 Å². The molecule has 5 aromatic rings. The first-order chi connectivity index (χ1) is 23.3. The second kappa shape index (κ2) is 15.0. The van der Waals surface area contributed by atoms with Crippen LogP contribution in [-0.4, -0.2) is 29.8 Å². The van der Waals surface area contributed by atoms with E-state index in [0.717, 1.165) is 42.9 Å². The van der Waals surface area contributed by atoms with Crippen molar-refractivity contribution in [2.75, 3.05) is 17.2 Å². The van der Waals surface area contributed by atoms with E-state index in [0.29, 0.717) is 24.0 Å². The topological polar surface area (TPSA) is 86.3 Å². The van der Waals surface area contributed by atoms with Gasteiger partial charge in [0.05, 0.1) is 31.4 Å². The van der Waals surface area contributed by atoms with Gasteiger partial charge in [-0.05, 0) is 55.3 Å². The molecule has 0 atom stereocenters. The molecule has 3 heterocycles. The molecule has 6 rings (SSSR count). The van der Waals surface area contributed by atoms with E-state index in [1.807, 2.05) is 66.8 Å². The minimum atomic E-state index is -4.31. The van der Waals surface area contributed by atoms with Crippen LogP contribution in [0.3, 0.4) is 0 Å². The Kier molecular flexibility index (Phi) is 10.6. The monoisotopic (exact) mass is 713 g/mol. The predicted molar refractivity (Wildman–Crippen MR) is 199 cm³/mol. The number of hydrogen-bond donors (Lipinski definition) is 0. The fourth-order valence-corrected chi connectivity index (χ4v) is 9.71. The molecule has 0 saturated heterocycles. The van der Waals surface area contributed by atoms with Gasteiger partial charge in [-0.2, -0.15) is 4.57 Å². The summed E-state index contributed by atoms with van der Waals surface area (Å²) in [7, 11) is -4.31. The van der Waals surface area contributed by atoms with Gasteiger partial charge in [0.2, 0.25) is 5.69 Å². The van der Waals surface area contributed by atoms with Crippen LogP contribution in [0.5, 0.6) is 0 Å². The van der Waals surface area contributed by atoms with Crippen molar-refractivity contribution in [2.24, 2.45) is 0 Å². The number of rotatable bonds is 12. The third kappa shape index (κ3) is 7.50. The van der Waals surface area contributed by atoms with Crippen molar-refractivity contribution in [3.8, 4) is 21.7 Å². The van der Waals surface area contributed by atoms with Crippen molar-refractivity contribution < 1.29 is 17.5 Å². The molecular formula is C37H35N3O4S4. The van der Waals surface area contributed by atoms with E-state index in [-0.39, 0.29) is 12.0 Å². The highest BCUT2D eigenvalue weighted by Gasteiger charge is 2.28. The molecule has 0 amide bonds. The molecule has 1 aliphatic heterocycles. The van der Waals surface area contributed by atoms with Crippen LogP contribution in [-0.2, 0) is 23.2 Å². The predicted octanol–water partition coefficient (Wildman–Crippen LogP) is 6.19. The zero-order valence-electron chi connectivity index (χ0n) is 26.4. The SMILES string of the molecule is C=CCn1c(=O)/c(=C\C=C2\Sc3ccccc3N2CC)s/c1=C\c1sc(-c2ccccc2)c(-c2ccccc2)[n+]1CCCCS(=O)(=O)[O-]. The van der Waals surface area contributed by atoms with Crippen molar-refractivity contribution in [1.29, 1.82) is 0 Å². The second-order valence-corrected chi connectivity index (χ2v) is 15.8. The van der Waals surface area contributed by atoms with Gasteiger partial charge in [-0.1, -0.05) is 89.8 Å².